The van der Waals surface area contributed by atoms with Gasteiger partial charge in [-0.1, -0.05) is 37.3 Å². The molecule has 0 aliphatic rings. The second kappa shape index (κ2) is 5.23. The number of rotatable bonds is 4. The van der Waals surface area contributed by atoms with Crippen LogP contribution in [0, 0.1) is 0 Å². The lowest BCUT2D eigenvalue weighted by atomic mass is 10.3. The number of para-hydroxylation sites is 2. The first-order valence-electron chi connectivity index (χ1n) is 5.68. The van der Waals surface area contributed by atoms with E-state index in [1.54, 1.807) is 43.3 Å². The molecule has 18 heavy (non-hydrogen) atoms. The van der Waals surface area contributed by atoms with Gasteiger partial charge >= 0.3 is 0 Å². The third-order valence-corrected chi connectivity index (χ3v) is 4.30. The summed E-state index contributed by atoms with van der Waals surface area (Å²) in [5, 5.41) is 0. The van der Waals surface area contributed by atoms with Gasteiger partial charge in [-0.05, 0) is 24.3 Å². The van der Waals surface area contributed by atoms with Crippen LogP contribution in [0.3, 0.4) is 0 Å². The van der Waals surface area contributed by atoms with Crippen molar-refractivity contribution < 1.29 is 13.2 Å². The molecule has 2 rings (SSSR count). The van der Waals surface area contributed by atoms with Crippen molar-refractivity contribution in [2.24, 2.45) is 0 Å². The van der Waals surface area contributed by atoms with E-state index < -0.39 is 9.84 Å². The van der Waals surface area contributed by atoms with Crippen molar-refractivity contribution in [3.8, 4) is 11.5 Å². The second-order valence-corrected chi connectivity index (χ2v) is 6.01. The van der Waals surface area contributed by atoms with Gasteiger partial charge in [-0.15, -0.1) is 0 Å². The van der Waals surface area contributed by atoms with Crippen LogP contribution in [0.4, 0.5) is 0 Å². The average molecular weight is 262 g/mol. The first-order chi connectivity index (χ1) is 8.63. The number of hydrogen-bond donors (Lipinski definition) is 0. The maximum atomic E-state index is 11.9. The Morgan fingerprint density at radius 2 is 1.56 bits per heavy atom. The van der Waals surface area contributed by atoms with Gasteiger partial charge in [0.25, 0.3) is 0 Å². The molecular weight excluding hydrogens is 248 g/mol. The molecule has 0 heterocycles. The molecule has 0 N–H and O–H groups in total. The van der Waals surface area contributed by atoms with Crippen molar-refractivity contribution in [2.75, 3.05) is 5.75 Å². The summed E-state index contributed by atoms with van der Waals surface area (Å²) in [6, 6.07) is 15.8. The molecule has 3 nitrogen and oxygen atoms in total. The summed E-state index contributed by atoms with van der Waals surface area (Å²) in [5.41, 5.74) is 0. The average Bonchev–Trinajstić information content (AvgIpc) is 2.40. The van der Waals surface area contributed by atoms with Gasteiger partial charge in [0.2, 0.25) is 0 Å². The molecule has 0 saturated heterocycles. The molecule has 0 spiro atoms. The molecule has 0 aliphatic heterocycles. The maximum absolute atomic E-state index is 11.9. The fourth-order valence-electron chi connectivity index (χ4n) is 1.56. The summed E-state index contributed by atoms with van der Waals surface area (Å²) in [5.74, 6) is 1.05. The fraction of sp³-hybridized carbons (Fsp3) is 0.143. The molecule has 0 bridgehead atoms. The van der Waals surface area contributed by atoms with Crippen molar-refractivity contribution in [1.29, 1.82) is 0 Å². The molecule has 2 aromatic rings. The van der Waals surface area contributed by atoms with Crippen molar-refractivity contribution >= 4 is 9.84 Å². The number of hydrogen-bond acceptors (Lipinski definition) is 3. The predicted octanol–water partition coefficient (Wildman–Crippen LogP) is 3.27. The molecule has 0 aliphatic carbocycles. The fourth-order valence-corrected chi connectivity index (χ4v) is 2.58. The van der Waals surface area contributed by atoms with Crippen LogP contribution >= 0.6 is 0 Å². The standard InChI is InChI=1S/C14H14O3S/c1-2-18(15,16)14-11-7-6-10-13(14)17-12-8-4-3-5-9-12/h3-11H,2H2,1H3. The monoisotopic (exact) mass is 262 g/mol. The highest BCUT2D eigenvalue weighted by atomic mass is 32.2. The summed E-state index contributed by atoms with van der Waals surface area (Å²) in [4.78, 5) is 0.233. The van der Waals surface area contributed by atoms with Gasteiger partial charge in [0.1, 0.15) is 16.4 Å². The van der Waals surface area contributed by atoms with E-state index in [4.69, 9.17) is 4.74 Å². The Kier molecular flexibility index (Phi) is 3.67. The quantitative estimate of drug-likeness (QED) is 0.849. The molecule has 2 aromatic carbocycles. The number of ether oxygens (including phenoxy) is 1. The van der Waals surface area contributed by atoms with E-state index in [1.165, 1.54) is 0 Å². The van der Waals surface area contributed by atoms with Gasteiger partial charge < -0.3 is 4.74 Å². The van der Waals surface area contributed by atoms with Crippen molar-refractivity contribution in [2.45, 2.75) is 11.8 Å². The van der Waals surface area contributed by atoms with Gasteiger partial charge in [0.05, 0.1) is 5.75 Å². The predicted molar refractivity (Wildman–Crippen MR) is 70.7 cm³/mol. The second-order valence-electron chi connectivity index (χ2n) is 3.77. The third kappa shape index (κ3) is 2.71. The molecule has 0 fully saturated rings. The van der Waals surface area contributed by atoms with E-state index in [-0.39, 0.29) is 10.6 Å². The third-order valence-electron chi connectivity index (χ3n) is 2.54. The van der Waals surface area contributed by atoms with Gasteiger partial charge in [-0.2, -0.15) is 0 Å². The molecule has 4 heteroatoms. The summed E-state index contributed by atoms with van der Waals surface area (Å²) >= 11 is 0. The van der Waals surface area contributed by atoms with E-state index >= 15 is 0 Å². The van der Waals surface area contributed by atoms with Crippen LogP contribution < -0.4 is 4.74 Å². The van der Waals surface area contributed by atoms with E-state index in [2.05, 4.69) is 0 Å². The SMILES string of the molecule is CCS(=O)(=O)c1ccccc1Oc1ccccc1. The van der Waals surface area contributed by atoms with Crippen LogP contribution in [0.25, 0.3) is 0 Å². The van der Waals surface area contributed by atoms with Crippen LogP contribution in [0.2, 0.25) is 0 Å². The lowest BCUT2D eigenvalue weighted by Crippen LogP contribution is -2.05. The van der Waals surface area contributed by atoms with Crippen LogP contribution in [-0.2, 0) is 9.84 Å². The zero-order valence-electron chi connectivity index (χ0n) is 10.0. The molecule has 94 valence electrons. The van der Waals surface area contributed by atoms with Gasteiger partial charge in [0.15, 0.2) is 9.84 Å². The summed E-state index contributed by atoms with van der Waals surface area (Å²) in [6.07, 6.45) is 0. The van der Waals surface area contributed by atoms with Crippen LogP contribution in [0.5, 0.6) is 11.5 Å². The Morgan fingerprint density at radius 1 is 0.944 bits per heavy atom. The summed E-state index contributed by atoms with van der Waals surface area (Å²) in [6.45, 7) is 1.62. The zero-order valence-corrected chi connectivity index (χ0v) is 10.9. The van der Waals surface area contributed by atoms with Crippen molar-refractivity contribution in [3.05, 3.63) is 54.6 Å². The normalized spacial score (nSPS) is 11.2. The Balaban J connectivity index is 2.41. The summed E-state index contributed by atoms with van der Waals surface area (Å²) < 4.78 is 29.5. The summed E-state index contributed by atoms with van der Waals surface area (Å²) in [7, 11) is -3.27. The lowest BCUT2D eigenvalue weighted by Gasteiger charge is -2.10. The molecular formula is C14H14O3S. The van der Waals surface area contributed by atoms with Gasteiger partial charge in [-0.3, -0.25) is 0 Å². The first kappa shape index (κ1) is 12.6. The minimum absolute atomic E-state index is 0.0577. The number of sulfone groups is 1. The Hall–Kier alpha value is -1.81. The highest BCUT2D eigenvalue weighted by Crippen LogP contribution is 2.28. The topological polar surface area (TPSA) is 43.4 Å². The molecule has 0 saturated carbocycles. The highest BCUT2D eigenvalue weighted by molar-refractivity contribution is 7.91. The van der Waals surface area contributed by atoms with Gasteiger partial charge in [-0.25, -0.2) is 8.42 Å². The zero-order chi connectivity index (χ0) is 13.0. The molecule has 0 amide bonds. The Bertz CT molecular complexity index is 618. The largest absolute Gasteiger partial charge is 0.456 e. The number of benzene rings is 2. The molecule has 0 aromatic heterocycles. The Morgan fingerprint density at radius 3 is 2.22 bits per heavy atom. The molecule has 0 radical (unpaired) electrons. The maximum Gasteiger partial charge on any atom is 0.181 e. The Labute approximate surface area is 107 Å². The molecule has 0 unspecified atom stereocenters. The van der Waals surface area contributed by atoms with E-state index in [9.17, 15) is 8.42 Å². The highest BCUT2D eigenvalue weighted by Gasteiger charge is 2.17. The minimum atomic E-state index is -3.27. The minimum Gasteiger partial charge on any atom is -0.456 e. The van der Waals surface area contributed by atoms with E-state index in [1.807, 2.05) is 18.2 Å². The smallest absolute Gasteiger partial charge is 0.181 e. The lowest BCUT2D eigenvalue weighted by molar-refractivity contribution is 0.467. The first-order valence-corrected chi connectivity index (χ1v) is 7.33. The van der Waals surface area contributed by atoms with Crippen molar-refractivity contribution in [1.82, 2.24) is 0 Å². The van der Waals surface area contributed by atoms with Crippen LogP contribution in [-0.4, -0.2) is 14.2 Å². The van der Waals surface area contributed by atoms with Crippen LogP contribution in [0.1, 0.15) is 6.92 Å². The molecule has 0 atom stereocenters. The van der Waals surface area contributed by atoms with Gasteiger partial charge in [0, 0.05) is 0 Å². The van der Waals surface area contributed by atoms with Crippen molar-refractivity contribution in [3.63, 3.8) is 0 Å². The van der Waals surface area contributed by atoms with E-state index in [0.717, 1.165) is 0 Å². The van der Waals surface area contributed by atoms with E-state index in [0.29, 0.717) is 11.5 Å². The van der Waals surface area contributed by atoms with Crippen LogP contribution in [0.15, 0.2) is 59.5 Å².